The predicted octanol–water partition coefficient (Wildman–Crippen LogP) is 2.64. The van der Waals surface area contributed by atoms with E-state index in [0.717, 1.165) is 19.3 Å². The van der Waals surface area contributed by atoms with Crippen LogP contribution in [0.15, 0.2) is 18.6 Å². The Kier molecular flexibility index (Phi) is 5.06. The molecule has 3 rings (SSSR count). The molecule has 0 bridgehead atoms. The first kappa shape index (κ1) is 17.2. The Labute approximate surface area is 146 Å². The quantitative estimate of drug-likeness (QED) is 0.920. The molecule has 1 fully saturated rings. The van der Waals surface area contributed by atoms with Crippen molar-refractivity contribution in [1.29, 1.82) is 0 Å². The number of aromatic nitrogens is 3. The van der Waals surface area contributed by atoms with Gasteiger partial charge in [-0.2, -0.15) is 0 Å². The van der Waals surface area contributed by atoms with Crippen LogP contribution in [0, 0.1) is 11.8 Å². The van der Waals surface area contributed by atoms with Crippen molar-refractivity contribution in [2.45, 2.75) is 39.2 Å². The summed E-state index contributed by atoms with van der Waals surface area (Å²) >= 11 is 5.91. The maximum Gasteiger partial charge on any atom is 0.274 e. The van der Waals surface area contributed by atoms with E-state index in [1.165, 1.54) is 6.20 Å². The summed E-state index contributed by atoms with van der Waals surface area (Å²) in [6, 6.07) is 0. The summed E-state index contributed by atoms with van der Waals surface area (Å²) in [5, 5.41) is 10.8. The number of imidazole rings is 1. The van der Waals surface area contributed by atoms with Crippen molar-refractivity contribution in [2.24, 2.45) is 11.8 Å². The van der Waals surface area contributed by atoms with Crippen LogP contribution in [0.25, 0.3) is 5.78 Å². The third-order valence-electron chi connectivity index (χ3n) is 4.58. The number of aliphatic hydroxyl groups excluding tert-OH is 1. The van der Waals surface area contributed by atoms with Gasteiger partial charge in [0.1, 0.15) is 5.69 Å². The van der Waals surface area contributed by atoms with Crippen LogP contribution in [0.5, 0.6) is 0 Å². The van der Waals surface area contributed by atoms with Gasteiger partial charge in [-0.1, -0.05) is 25.4 Å². The Morgan fingerprint density at radius 1 is 1.38 bits per heavy atom. The van der Waals surface area contributed by atoms with Gasteiger partial charge in [-0.05, 0) is 31.1 Å². The number of carbonyl (C=O) groups excluding carboxylic acids is 1. The number of nitrogens with zero attached hydrogens (tertiary/aromatic N) is 4. The Bertz CT molecular complexity index is 722. The highest BCUT2D eigenvalue weighted by Gasteiger charge is 2.29. The van der Waals surface area contributed by atoms with Crippen molar-refractivity contribution in [1.82, 2.24) is 19.3 Å². The first-order valence-corrected chi connectivity index (χ1v) is 8.79. The van der Waals surface area contributed by atoms with Gasteiger partial charge in [-0.15, -0.1) is 0 Å². The molecule has 0 radical (unpaired) electrons. The van der Waals surface area contributed by atoms with Gasteiger partial charge in [0.2, 0.25) is 5.78 Å². The highest BCUT2D eigenvalue weighted by Crippen LogP contribution is 2.25. The summed E-state index contributed by atoms with van der Waals surface area (Å²) in [5.41, 5.74) is 0.381. The molecule has 1 saturated heterocycles. The highest BCUT2D eigenvalue weighted by atomic mass is 35.5. The number of piperidine rings is 1. The predicted molar refractivity (Wildman–Crippen MR) is 92.1 cm³/mol. The lowest BCUT2D eigenvalue weighted by molar-refractivity contribution is 0.0382. The molecule has 0 aromatic carbocycles. The molecule has 1 aliphatic heterocycles. The van der Waals surface area contributed by atoms with Gasteiger partial charge in [0.25, 0.3) is 5.91 Å². The number of hydrogen-bond acceptors (Lipinski definition) is 4. The number of amides is 1. The van der Waals surface area contributed by atoms with Gasteiger partial charge < -0.3 is 10.0 Å². The van der Waals surface area contributed by atoms with Crippen LogP contribution in [-0.2, 0) is 0 Å². The zero-order chi connectivity index (χ0) is 17.3. The number of likely N-dealkylation sites (tertiary alicyclic amines) is 1. The van der Waals surface area contributed by atoms with Crippen LogP contribution >= 0.6 is 11.6 Å². The molecule has 0 aliphatic carbocycles. The molecular formula is C17H23ClN4O2. The number of aliphatic hydroxyl groups is 1. The van der Waals surface area contributed by atoms with Crippen molar-refractivity contribution in [3.63, 3.8) is 0 Å². The molecule has 3 heterocycles. The molecule has 2 aromatic rings. The first-order chi connectivity index (χ1) is 11.4. The van der Waals surface area contributed by atoms with E-state index >= 15 is 0 Å². The Balaban J connectivity index is 1.64. The smallest absolute Gasteiger partial charge is 0.274 e. The van der Waals surface area contributed by atoms with Crippen molar-refractivity contribution in [2.75, 3.05) is 13.1 Å². The monoisotopic (exact) mass is 350 g/mol. The lowest BCUT2D eigenvalue weighted by Gasteiger charge is -2.34. The van der Waals surface area contributed by atoms with E-state index in [9.17, 15) is 9.90 Å². The average Bonchev–Trinajstić information content (AvgIpc) is 2.96. The fourth-order valence-electron chi connectivity index (χ4n) is 3.29. The fraction of sp³-hybridized carbons (Fsp3) is 0.588. The Morgan fingerprint density at radius 3 is 2.75 bits per heavy atom. The maximum absolute atomic E-state index is 12.6. The molecule has 130 valence electrons. The average molecular weight is 351 g/mol. The zero-order valence-corrected chi connectivity index (χ0v) is 14.8. The normalized spacial score (nSPS) is 17.6. The van der Waals surface area contributed by atoms with Gasteiger partial charge in [0, 0.05) is 25.5 Å². The largest absolute Gasteiger partial charge is 0.393 e. The van der Waals surface area contributed by atoms with Gasteiger partial charge in [0.05, 0.1) is 17.3 Å². The van der Waals surface area contributed by atoms with E-state index in [1.54, 1.807) is 16.8 Å². The fourth-order valence-corrected chi connectivity index (χ4v) is 3.44. The van der Waals surface area contributed by atoms with Crippen LogP contribution in [0.3, 0.4) is 0 Å². The number of fused-ring (bicyclic) bond motifs is 1. The molecule has 1 amide bonds. The molecule has 0 unspecified atom stereocenters. The molecule has 6 nitrogen and oxygen atoms in total. The number of rotatable bonds is 4. The minimum Gasteiger partial charge on any atom is -0.393 e. The van der Waals surface area contributed by atoms with Gasteiger partial charge >= 0.3 is 0 Å². The molecule has 0 spiro atoms. The molecule has 1 aliphatic rings. The van der Waals surface area contributed by atoms with Crippen molar-refractivity contribution >= 4 is 23.3 Å². The Hall–Kier alpha value is -1.66. The lowest BCUT2D eigenvalue weighted by atomic mass is 9.87. The first-order valence-electron chi connectivity index (χ1n) is 8.41. The van der Waals surface area contributed by atoms with Crippen LogP contribution < -0.4 is 0 Å². The molecule has 24 heavy (non-hydrogen) atoms. The van der Waals surface area contributed by atoms with E-state index in [-0.39, 0.29) is 17.9 Å². The number of carbonyl (C=O) groups is 1. The van der Waals surface area contributed by atoms with Gasteiger partial charge in [-0.3, -0.25) is 9.20 Å². The number of hydrogen-bond donors (Lipinski definition) is 1. The Morgan fingerprint density at radius 2 is 2.08 bits per heavy atom. The number of halogens is 1. The summed E-state index contributed by atoms with van der Waals surface area (Å²) < 4.78 is 1.66. The third-order valence-corrected chi connectivity index (χ3v) is 4.78. The molecule has 1 atom stereocenters. The maximum atomic E-state index is 12.6. The van der Waals surface area contributed by atoms with Crippen LogP contribution in [0.1, 0.15) is 43.6 Å². The van der Waals surface area contributed by atoms with E-state index in [2.05, 4.69) is 23.8 Å². The lowest BCUT2D eigenvalue weighted by Crippen LogP contribution is -2.41. The van der Waals surface area contributed by atoms with Gasteiger partial charge in [-0.25, -0.2) is 9.97 Å². The zero-order valence-electron chi connectivity index (χ0n) is 14.0. The summed E-state index contributed by atoms with van der Waals surface area (Å²) in [7, 11) is 0. The topological polar surface area (TPSA) is 70.7 Å². The summed E-state index contributed by atoms with van der Waals surface area (Å²) in [6.45, 7) is 5.54. The second-order valence-electron chi connectivity index (χ2n) is 6.93. The highest BCUT2D eigenvalue weighted by molar-refractivity contribution is 6.30. The summed E-state index contributed by atoms with van der Waals surface area (Å²) in [5.74, 6) is 1.13. The third kappa shape index (κ3) is 3.70. The van der Waals surface area contributed by atoms with Crippen molar-refractivity contribution < 1.29 is 9.90 Å². The standard InChI is InChI=1S/C17H23ClN4O2/c1-11(2)7-15(23)12-3-5-21(6-4-12)16(24)14-10-22-9-13(18)8-19-17(22)20-14/h8-12,15,23H,3-7H2,1-2H3/t15-/m1/s1. The molecule has 0 saturated carbocycles. The van der Waals surface area contributed by atoms with E-state index in [0.29, 0.717) is 35.5 Å². The van der Waals surface area contributed by atoms with E-state index in [4.69, 9.17) is 11.6 Å². The summed E-state index contributed by atoms with van der Waals surface area (Å²) in [6.07, 6.45) is 7.06. The summed E-state index contributed by atoms with van der Waals surface area (Å²) in [4.78, 5) is 22.8. The van der Waals surface area contributed by atoms with E-state index in [1.807, 2.05) is 4.90 Å². The molecular weight excluding hydrogens is 328 g/mol. The van der Waals surface area contributed by atoms with E-state index < -0.39 is 0 Å². The van der Waals surface area contributed by atoms with Crippen LogP contribution in [-0.4, -0.2) is 49.5 Å². The van der Waals surface area contributed by atoms with Crippen LogP contribution in [0.4, 0.5) is 0 Å². The SMILES string of the molecule is CC(C)C[C@@H](O)C1CCN(C(=O)c2cn3cc(Cl)cnc3n2)CC1. The minimum atomic E-state index is -0.274. The second kappa shape index (κ2) is 7.07. The van der Waals surface area contributed by atoms with Crippen LogP contribution in [0.2, 0.25) is 5.02 Å². The minimum absolute atomic E-state index is 0.0894. The van der Waals surface area contributed by atoms with Crippen molar-refractivity contribution in [3.8, 4) is 0 Å². The van der Waals surface area contributed by atoms with Crippen molar-refractivity contribution in [3.05, 3.63) is 29.3 Å². The molecule has 7 heteroatoms. The van der Waals surface area contributed by atoms with Gasteiger partial charge in [0.15, 0.2) is 0 Å². The second-order valence-corrected chi connectivity index (χ2v) is 7.37. The molecule has 1 N–H and O–H groups in total. The molecule has 2 aromatic heterocycles.